The average molecular weight is 294 g/mol. The van der Waals surface area contributed by atoms with E-state index in [2.05, 4.69) is 16.9 Å². The molecule has 1 aliphatic rings. The molecule has 0 bridgehead atoms. The number of piperidine rings is 1. The molecule has 0 aliphatic carbocycles. The van der Waals surface area contributed by atoms with Gasteiger partial charge in [-0.25, -0.2) is 9.78 Å². The molecule has 1 aliphatic heterocycles. The zero-order valence-electron chi connectivity index (χ0n) is 11.2. The van der Waals surface area contributed by atoms with E-state index in [0.29, 0.717) is 11.4 Å². The molecular weight excluding hydrogens is 278 g/mol. The van der Waals surface area contributed by atoms with Gasteiger partial charge in [0.25, 0.3) is 0 Å². The van der Waals surface area contributed by atoms with Gasteiger partial charge in [0, 0.05) is 12.1 Å². The number of pyridine rings is 1. The fourth-order valence-electron chi connectivity index (χ4n) is 2.84. The van der Waals surface area contributed by atoms with Crippen LogP contribution in [0.3, 0.4) is 0 Å². The van der Waals surface area contributed by atoms with Crippen LogP contribution in [0.4, 0.5) is 0 Å². The van der Waals surface area contributed by atoms with Gasteiger partial charge in [-0.1, -0.05) is 11.6 Å². The Hall–Kier alpha value is -1.59. The third kappa shape index (κ3) is 2.17. The summed E-state index contributed by atoms with van der Waals surface area (Å²) in [5, 5.41) is 9.53. The average Bonchev–Trinajstić information content (AvgIpc) is 2.77. The molecule has 106 valence electrons. The number of halogens is 1. The Morgan fingerprint density at radius 2 is 2.15 bits per heavy atom. The lowest BCUT2D eigenvalue weighted by atomic mass is 9.96. The summed E-state index contributed by atoms with van der Waals surface area (Å²) >= 11 is 6.17. The fraction of sp³-hybridized carbons (Fsp3) is 0.429. The van der Waals surface area contributed by atoms with Crippen molar-refractivity contribution in [1.29, 1.82) is 0 Å². The topological polar surface area (TPSA) is 57.8 Å². The summed E-state index contributed by atoms with van der Waals surface area (Å²) in [6.45, 7) is 2.05. The summed E-state index contributed by atoms with van der Waals surface area (Å²) in [7, 11) is 2.11. The number of imidazole rings is 1. The first-order chi connectivity index (χ1) is 9.58. The minimum absolute atomic E-state index is 0.198. The first-order valence-corrected chi connectivity index (χ1v) is 7.04. The van der Waals surface area contributed by atoms with Crippen molar-refractivity contribution in [2.45, 2.75) is 18.8 Å². The summed E-state index contributed by atoms with van der Waals surface area (Å²) in [6.07, 6.45) is 3.88. The van der Waals surface area contributed by atoms with Crippen molar-refractivity contribution < 1.29 is 9.90 Å². The van der Waals surface area contributed by atoms with Gasteiger partial charge in [-0.2, -0.15) is 0 Å². The molecule has 0 unspecified atom stereocenters. The van der Waals surface area contributed by atoms with E-state index in [4.69, 9.17) is 11.6 Å². The van der Waals surface area contributed by atoms with Crippen LogP contribution >= 0.6 is 11.6 Å². The van der Waals surface area contributed by atoms with Crippen LogP contribution in [0, 0.1) is 0 Å². The molecule has 0 aromatic carbocycles. The Bertz CT molecular complexity index is 660. The number of hydrogen-bond acceptors (Lipinski definition) is 3. The van der Waals surface area contributed by atoms with Gasteiger partial charge in [0.2, 0.25) is 0 Å². The monoisotopic (exact) mass is 293 g/mol. The molecular formula is C14H16ClN3O2. The van der Waals surface area contributed by atoms with Crippen LogP contribution in [-0.4, -0.2) is 45.5 Å². The molecule has 3 heterocycles. The zero-order chi connectivity index (χ0) is 14.3. The van der Waals surface area contributed by atoms with E-state index in [1.807, 2.05) is 10.6 Å². The Balaban J connectivity index is 2.09. The van der Waals surface area contributed by atoms with Crippen molar-refractivity contribution in [1.82, 2.24) is 14.3 Å². The van der Waals surface area contributed by atoms with Crippen molar-refractivity contribution in [2.75, 3.05) is 20.1 Å². The number of aromatic nitrogens is 2. The molecule has 1 saturated heterocycles. The molecule has 0 atom stereocenters. The third-order valence-corrected chi connectivity index (χ3v) is 4.23. The van der Waals surface area contributed by atoms with Crippen LogP contribution < -0.4 is 0 Å². The molecule has 0 amide bonds. The number of aromatic carboxylic acids is 1. The lowest BCUT2D eigenvalue weighted by Gasteiger charge is -2.28. The number of likely N-dealkylation sites (tertiary alicyclic amines) is 1. The number of carbonyl (C=O) groups is 1. The summed E-state index contributed by atoms with van der Waals surface area (Å²) in [5.41, 5.74) is 0.694. The van der Waals surface area contributed by atoms with Gasteiger partial charge < -0.3 is 14.4 Å². The molecule has 3 rings (SSSR count). The highest BCUT2D eigenvalue weighted by molar-refractivity contribution is 6.33. The zero-order valence-corrected chi connectivity index (χ0v) is 12.0. The second-order valence-electron chi connectivity index (χ2n) is 5.28. The molecule has 1 N–H and O–H groups in total. The second kappa shape index (κ2) is 5.07. The SMILES string of the molecule is CN1CCC(c2nc(Cl)c3c(C(=O)O)cccn23)CC1. The van der Waals surface area contributed by atoms with Crippen molar-refractivity contribution in [2.24, 2.45) is 0 Å². The van der Waals surface area contributed by atoms with Crippen LogP contribution in [0.2, 0.25) is 5.15 Å². The van der Waals surface area contributed by atoms with Crippen LogP contribution in [0.1, 0.15) is 34.9 Å². The fourth-order valence-corrected chi connectivity index (χ4v) is 3.12. The minimum Gasteiger partial charge on any atom is -0.478 e. The number of nitrogens with zero attached hydrogens (tertiary/aromatic N) is 3. The maximum absolute atomic E-state index is 11.3. The summed E-state index contributed by atoms with van der Waals surface area (Å²) in [5.74, 6) is 0.226. The molecule has 20 heavy (non-hydrogen) atoms. The Kier molecular flexibility index (Phi) is 3.40. The van der Waals surface area contributed by atoms with E-state index in [1.54, 1.807) is 12.1 Å². The van der Waals surface area contributed by atoms with Gasteiger partial charge in [0.05, 0.1) is 11.1 Å². The highest BCUT2D eigenvalue weighted by Crippen LogP contribution is 2.31. The lowest BCUT2D eigenvalue weighted by Crippen LogP contribution is -2.29. The minimum atomic E-state index is -0.979. The summed E-state index contributed by atoms with van der Waals surface area (Å²) in [6, 6.07) is 3.29. The highest BCUT2D eigenvalue weighted by Gasteiger charge is 2.25. The number of carboxylic acids is 1. The van der Waals surface area contributed by atoms with Crippen molar-refractivity contribution in [3.05, 3.63) is 34.9 Å². The lowest BCUT2D eigenvalue weighted by molar-refractivity contribution is 0.0698. The van der Waals surface area contributed by atoms with Gasteiger partial charge in [-0.15, -0.1) is 0 Å². The second-order valence-corrected chi connectivity index (χ2v) is 5.64. The molecule has 2 aromatic heterocycles. The Morgan fingerprint density at radius 3 is 2.80 bits per heavy atom. The molecule has 2 aromatic rings. The molecule has 1 fully saturated rings. The molecule has 0 spiro atoms. The number of rotatable bonds is 2. The van der Waals surface area contributed by atoms with Crippen LogP contribution in [0.15, 0.2) is 18.3 Å². The van der Waals surface area contributed by atoms with Gasteiger partial charge >= 0.3 is 5.97 Å². The van der Waals surface area contributed by atoms with E-state index in [-0.39, 0.29) is 10.7 Å². The molecule has 6 heteroatoms. The Labute approximate surface area is 121 Å². The normalized spacial score (nSPS) is 17.7. The maximum atomic E-state index is 11.3. The Morgan fingerprint density at radius 1 is 1.45 bits per heavy atom. The van der Waals surface area contributed by atoms with Gasteiger partial charge in [0.1, 0.15) is 5.82 Å². The number of carboxylic acid groups (broad SMARTS) is 1. The van der Waals surface area contributed by atoms with Crippen LogP contribution in [0.5, 0.6) is 0 Å². The van der Waals surface area contributed by atoms with Crippen molar-refractivity contribution >= 4 is 23.1 Å². The largest absolute Gasteiger partial charge is 0.478 e. The smallest absolute Gasteiger partial charge is 0.337 e. The van der Waals surface area contributed by atoms with E-state index < -0.39 is 5.97 Å². The van der Waals surface area contributed by atoms with E-state index in [9.17, 15) is 9.90 Å². The highest BCUT2D eigenvalue weighted by atomic mass is 35.5. The maximum Gasteiger partial charge on any atom is 0.337 e. The van der Waals surface area contributed by atoms with Crippen molar-refractivity contribution in [3.63, 3.8) is 0 Å². The third-order valence-electron chi connectivity index (χ3n) is 3.96. The van der Waals surface area contributed by atoms with E-state index in [0.717, 1.165) is 31.8 Å². The van der Waals surface area contributed by atoms with E-state index in [1.165, 1.54) is 0 Å². The summed E-state index contributed by atoms with van der Waals surface area (Å²) < 4.78 is 1.84. The van der Waals surface area contributed by atoms with E-state index >= 15 is 0 Å². The summed E-state index contributed by atoms with van der Waals surface area (Å²) in [4.78, 5) is 18.0. The molecule has 5 nitrogen and oxygen atoms in total. The quantitative estimate of drug-likeness (QED) is 0.924. The molecule has 0 radical (unpaired) electrons. The van der Waals surface area contributed by atoms with Crippen LogP contribution in [-0.2, 0) is 0 Å². The first kappa shape index (κ1) is 13.4. The van der Waals surface area contributed by atoms with Gasteiger partial charge in [0.15, 0.2) is 5.15 Å². The first-order valence-electron chi connectivity index (χ1n) is 6.66. The standard InChI is InChI=1S/C14H16ClN3O2/c1-17-7-4-9(5-8-17)13-16-12(15)11-10(14(19)20)3-2-6-18(11)13/h2-3,6,9H,4-5,7-8H2,1H3,(H,19,20). The number of fused-ring (bicyclic) bond motifs is 1. The van der Waals surface area contributed by atoms with Crippen LogP contribution in [0.25, 0.3) is 5.52 Å². The van der Waals surface area contributed by atoms with Gasteiger partial charge in [-0.3, -0.25) is 0 Å². The molecule has 0 saturated carbocycles. The van der Waals surface area contributed by atoms with Crippen molar-refractivity contribution in [3.8, 4) is 0 Å². The predicted molar refractivity (Wildman–Crippen MR) is 76.6 cm³/mol. The van der Waals surface area contributed by atoms with Gasteiger partial charge in [-0.05, 0) is 45.1 Å². The predicted octanol–water partition coefficient (Wildman–Crippen LogP) is 2.50. The number of hydrogen-bond donors (Lipinski definition) is 1.